The monoisotopic (exact) mass is 311 g/mol. The molecule has 8 heteroatoms. The van der Waals surface area contributed by atoms with Gasteiger partial charge in [-0.15, -0.1) is 0 Å². The molecule has 0 unspecified atom stereocenters. The Hall–Kier alpha value is -0.400. The van der Waals surface area contributed by atoms with Crippen molar-refractivity contribution in [2.24, 2.45) is 0 Å². The van der Waals surface area contributed by atoms with E-state index in [1.54, 1.807) is 0 Å². The molecule has 1 heterocycles. The second-order valence-electron chi connectivity index (χ2n) is 4.00. The summed E-state index contributed by atoms with van der Waals surface area (Å²) < 4.78 is 26.2. The Balaban J connectivity index is 2.66. The van der Waals surface area contributed by atoms with Gasteiger partial charge in [0.2, 0.25) is 10.0 Å². The lowest BCUT2D eigenvalue weighted by Gasteiger charge is -2.10. The zero-order valence-electron chi connectivity index (χ0n) is 10.2. The first-order valence-electron chi connectivity index (χ1n) is 5.28. The van der Waals surface area contributed by atoms with Crippen LogP contribution in [-0.4, -0.2) is 45.5 Å². The highest BCUT2D eigenvalue weighted by Gasteiger charge is 2.15. The minimum Gasteiger partial charge on any atom is -0.309 e. The Bertz CT molecular complexity index is 506. The normalized spacial score (nSPS) is 12.1. The van der Waals surface area contributed by atoms with Crippen LogP contribution in [0.1, 0.15) is 6.42 Å². The number of sulfonamides is 1. The quantitative estimate of drug-likeness (QED) is 0.640. The van der Waals surface area contributed by atoms with E-state index in [1.807, 2.05) is 19.0 Å². The second kappa shape index (κ2) is 6.68. The fourth-order valence-electron chi connectivity index (χ4n) is 1.24. The smallest absolute Gasteiger partial charge is 0.242 e. The molecule has 18 heavy (non-hydrogen) atoms. The maximum absolute atomic E-state index is 11.9. The summed E-state index contributed by atoms with van der Waals surface area (Å²) in [5.41, 5.74) is 0. The molecule has 0 aliphatic carbocycles. The van der Waals surface area contributed by atoms with Crippen LogP contribution in [-0.2, 0) is 10.0 Å². The van der Waals surface area contributed by atoms with Crippen molar-refractivity contribution in [3.05, 3.63) is 22.4 Å². The first kappa shape index (κ1) is 15.7. The summed E-state index contributed by atoms with van der Waals surface area (Å²) in [6.45, 7) is 1.17. The number of pyridine rings is 1. The van der Waals surface area contributed by atoms with Crippen LogP contribution in [0.3, 0.4) is 0 Å². The van der Waals surface area contributed by atoms with Crippen LogP contribution in [0, 0.1) is 0 Å². The summed E-state index contributed by atoms with van der Waals surface area (Å²) >= 11 is 11.4. The fourth-order valence-corrected chi connectivity index (χ4v) is 2.61. The van der Waals surface area contributed by atoms with Gasteiger partial charge in [-0.3, -0.25) is 0 Å². The van der Waals surface area contributed by atoms with Gasteiger partial charge in [0.25, 0.3) is 0 Å². The van der Waals surface area contributed by atoms with Crippen molar-refractivity contribution in [3.8, 4) is 0 Å². The number of aromatic nitrogens is 1. The van der Waals surface area contributed by atoms with Gasteiger partial charge >= 0.3 is 0 Å². The van der Waals surface area contributed by atoms with Gasteiger partial charge in [-0.05, 0) is 33.1 Å². The molecule has 0 bridgehead atoms. The number of hydrogen-bond donors (Lipinski definition) is 1. The Kier molecular flexibility index (Phi) is 5.81. The Morgan fingerprint density at radius 3 is 2.61 bits per heavy atom. The number of hydrogen-bond acceptors (Lipinski definition) is 4. The van der Waals surface area contributed by atoms with Gasteiger partial charge in [0.05, 0.1) is 5.02 Å². The van der Waals surface area contributed by atoms with Crippen molar-refractivity contribution < 1.29 is 8.42 Å². The van der Waals surface area contributed by atoms with E-state index in [0.717, 1.165) is 13.0 Å². The average Bonchev–Trinajstić information content (AvgIpc) is 2.28. The molecule has 102 valence electrons. The minimum atomic E-state index is -3.57. The molecule has 0 atom stereocenters. The second-order valence-corrected chi connectivity index (χ2v) is 6.53. The maximum atomic E-state index is 11.9. The van der Waals surface area contributed by atoms with Crippen molar-refractivity contribution in [3.63, 3.8) is 0 Å². The summed E-state index contributed by atoms with van der Waals surface area (Å²) in [7, 11) is 0.284. The standard InChI is InChI=1S/C10H15Cl2N3O2S/c1-15(2)5-3-4-14-18(16,17)8-6-9(11)10(12)13-7-8/h6-7,14H,3-5H2,1-2H3. The summed E-state index contributed by atoms with van der Waals surface area (Å²) in [6.07, 6.45) is 1.91. The van der Waals surface area contributed by atoms with Gasteiger partial charge in [0, 0.05) is 12.7 Å². The van der Waals surface area contributed by atoms with E-state index < -0.39 is 10.0 Å². The van der Waals surface area contributed by atoms with Crippen LogP contribution in [0.2, 0.25) is 10.2 Å². The van der Waals surface area contributed by atoms with E-state index in [2.05, 4.69) is 9.71 Å². The molecule has 1 rings (SSSR count). The third-order valence-electron chi connectivity index (χ3n) is 2.16. The van der Waals surface area contributed by atoms with E-state index in [-0.39, 0.29) is 15.1 Å². The van der Waals surface area contributed by atoms with Crippen LogP contribution in [0.4, 0.5) is 0 Å². The van der Waals surface area contributed by atoms with Gasteiger partial charge in [-0.1, -0.05) is 23.2 Å². The molecule has 0 saturated heterocycles. The first-order valence-corrected chi connectivity index (χ1v) is 7.52. The number of rotatable bonds is 6. The molecular formula is C10H15Cl2N3O2S. The molecule has 0 radical (unpaired) electrons. The zero-order chi connectivity index (χ0) is 13.8. The largest absolute Gasteiger partial charge is 0.309 e. The third-order valence-corrected chi connectivity index (χ3v) is 4.27. The van der Waals surface area contributed by atoms with Crippen LogP contribution >= 0.6 is 23.2 Å². The van der Waals surface area contributed by atoms with Crippen molar-refractivity contribution in [1.29, 1.82) is 0 Å². The molecule has 1 aromatic heterocycles. The van der Waals surface area contributed by atoms with Gasteiger partial charge < -0.3 is 4.90 Å². The molecule has 5 nitrogen and oxygen atoms in total. The molecule has 0 spiro atoms. The average molecular weight is 312 g/mol. The first-order chi connectivity index (χ1) is 8.33. The highest BCUT2D eigenvalue weighted by atomic mass is 35.5. The fraction of sp³-hybridized carbons (Fsp3) is 0.500. The van der Waals surface area contributed by atoms with Crippen LogP contribution < -0.4 is 4.72 Å². The Morgan fingerprint density at radius 1 is 1.39 bits per heavy atom. The molecule has 0 aromatic carbocycles. The Labute approximate surface area is 117 Å². The molecule has 0 aliphatic heterocycles. The summed E-state index contributed by atoms with van der Waals surface area (Å²) in [6, 6.07) is 1.28. The maximum Gasteiger partial charge on any atom is 0.242 e. The Morgan fingerprint density at radius 2 is 2.06 bits per heavy atom. The van der Waals surface area contributed by atoms with Crippen molar-refractivity contribution in [2.45, 2.75) is 11.3 Å². The van der Waals surface area contributed by atoms with Crippen LogP contribution in [0.25, 0.3) is 0 Å². The predicted octanol–water partition coefficient (Wildman–Crippen LogP) is 1.62. The molecule has 0 amide bonds. The molecule has 0 aliphatic rings. The zero-order valence-corrected chi connectivity index (χ0v) is 12.5. The predicted molar refractivity (Wildman–Crippen MR) is 72.6 cm³/mol. The molecule has 1 N–H and O–H groups in total. The number of nitrogens with zero attached hydrogens (tertiary/aromatic N) is 2. The molecule has 0 saturated carbocycles. The molecule has 0 fully saturated rings. The number of halogens is 2. The topological polar surface area (TPSA) is 62.3 Å². The van der Waals surface area contributed by atoms with Gasteiger partial charge in [0.1, 0.15) is 10.0 Å². The van der Waals surface area contributed by atoms with Crippen LogP contribution in [0.5, 0.6) is 0 Å². The van der Waals surface area contributed by atoms with Gasteiger partial charge in [0.15, 0.2) is 0 Å². The minimum absolute atomic E-state index is 0.0155. The molecular weight excluding hydrogens is 297 g/mol. The SMILES string of the molecule is CN(C)CCCNS(=O)(=O)c1cnc(Cl)c(Cl)c1. The summed E-state index contributed by atoms with van der Waals surface area (Å²) in [5.74, 6) is 0. The van der Waals surface area contributed by atoms with E-state index in [9.17, 15) is 8.42 Å². The lowest BCUT2D eigenvalue weighted by atomic mass is 10.4. The third kappa shape index (κ3) is 4.70. The lowest BCUT2D eigenvalue weighted by Crippen LogP contribution is -2.27. The lowest BCUT2D eigenvalue weighted by molar-refractivity contribution is 0.400. The van der Waals surface area contributed by atoms with Crippen molar-refractivity contribution in [2.75, 3.05) is 27.2 Å². The summed E-state index contributed by atoms with van der Waals surface area (Å²) in [5, 5.41) is 0.205. The van der Waals surface area contributed by atoms with E-state index in [1.165, 1.54) is 12.3 Å². The highest BCUT2D eigenvalue weighted by Crippen LogP contribution is 2.21. The van der Waals surface area contributed by atoms with Gasteiger partial charge in [-0.2, -0.15) is 0 Å². The summed E-state index contributed by atoms with van der Waals surface area (Å²) in [4.78, 5) is 5.70. The van der Waals surface area contributed by atoms with Crippen molar-refractivity contribution in [1.82, 2.24) is 14.6 Å². The number of nitrogens with one attached hydrogen (secondary N) is 1. The van der Waals surface area contributed by atoms with Crippen molar-refractivity contribution >= 4 is 33.2 Å². The highest BCUT2D eigenvalue weighted by molar-refractivity contribution is 7.89. The van der Waals surface area contributed by atoms with E-state index in [0.29, 0.717) is 6.54 Å². The van der Waals surface area contributed by atoms with Gasteiger partial charge in [-0.25, -0.2) is 18.1 Å². The van der Waals surface area contributed by atoms with E-state index in [4.69, 9.17) is 23.2 Å². The van der Waals surface area contributed by atoms with Crippen LogP contribution in [0.15, 0.2) is 17.2 Å². The van der Waals surface area contributed by atoms with E-state index >= 15 is 0 Å². The molecule has 1 aromatic rings.